The molecule has 0 bridgehead atoms. The van der Waals surface area contributed by atoms with Crippen LogP contribution in [0.25, 0.3) is 5.70 Å². The zero-order valence-electron chi connectivity index (χ0n) is 17.1. The predicted octanol–water partition coefficient (Wildman–Crippen LogP) is 2.91. The maximum absolute atomic E-state index is 12.8. The smallest absolute Gasteiger partial charge is 0.349 e. The number of fused-ring (bicyclic) bond motifs is 1. The number of piperidine rings is 1. The number of nitrogens with zero attached hydrogens (tertiary/aromatic N) is 3. The fourth-order valence-corrected chi connectivity index (χ4v) is 4.09. The van der Waals surface area contributed by atoms with Crippen LogP contribution in [0, 0.1) is 6.92 Å². The second-order valence-corrected chi connectivity index (χ2v) is 7.94. The van der Waals surface area contributed by atoms with Gasteiger partial charge in [0.25, 0.3) is 0 Å². The summed E-state index contributed by atoms with van der Waals surface area (Å²) in [5.74, 6) is 0.771. The lowest BCUT2D eigenvalue weighted by atomic mass is 10.1. The van der Waals surface area contributed by atoms with Gasteiger partial charge in [0.15, 0.2) is 0 Å². The molecule has 2 aromatic rings. The van der Waals surface area contributed by atoms with E-state index in [1.165, 1.54) is 47.8 Å². The molecule has 0 radical (unpaired) electrons. The first kappa shape index (κ1) is 19.6. The SMILES string of the molecule is Cc1ccc2c(c1)C(Nn1cc(O)n(CCCCN3CCCCC3)c1=O)=CCO2. The Morgan fingerprint density at radius 2 is 1.93 bits per heavy atom. The van der Waals surface area contributed by atoms with E-state index < -0.39 is 0 Å². The molecule has 1 aromatic heterocycles. The number of hydrogen-bond donors (Lipinski definition) is 2. The fraction of sp³-hybridized carbons (Fsp3) is 0.500. The quantitative estimate of drug-likeness (QED) is 0.702. The van der Waals surface area contributed by atoms with Gasteiger partial charge in [-0.2, -0.15) is 0 Å². The van der Waals surface area contributed by atoms with E-state index in [9.17, 15) is 9.90 Å². The Kier molecular flexibility index (Phi) is 5.94. The zero-order chi connectivity index (χ0) is 20.2. The molecule has 4 rings (SSSR count). The molecule has 0 amide bonds. The van der Waals surface area contributed by atoms with Crippen LogP contribution in [0.5, 0.6) is 11.6 Å². The zero-order valence-corrected chi connectivity index (χ0v) is 17.1. The minimum atomic E-state index is -0.262. The first-order valence-electron chi connectivity index (χ1n) is 10.6. The van der Waals surface area contributed by atoms with Gasteiger partial charge in [0.2, 0.25) is 5.88 Å². The van der Waals surface area contributed by atoms with E-state index >= 15 is 0 Å². The number of imidazole rings is 1. The molecule has 156 valence electrons. The Hall–Kier alpha value is -2.67. The van der Waals surface area contributed by atoms with Gasteiger partial charge in [0, 0.05) is 12.1 Å². The van der Waals surface area contributed by atoms with Crippen molar-refractivity contribution in [2.75, 3.05) is 31.7 Å². The summed E-state index contributed by atoms with van der Waals surface area (Å²) in [7, 11) is 0. The van der Waals surface area contributed by atoms with Crippen molar-refractivity contribution in [3.63, 3.8) is 0 Å². The van der Waals surface area contributed by atoms with Gasteiger partial charge in [-0.05, 0) is 70.5 Å². The van der Waals surface area contributed by atoms with Crippen molar-refractivity contribution in [1.82, 2.24) is 14.1 Å². The summed E-state index contributed by atoms with van der Waals surface area (Å²) >= 11 is 0. The average Bonchev–Trinajstić information content (AvgIpc) is 2.99. The molecule has 29 heavy (non-hydrogen) atoms. The third-order valence-corrected chi connectivity index (χ3v) is 5.71. The van der Waals surface area contributed by atoms with Gasteiger partial charge >= 0.3 is 5.69 Å². The molecule has 1 saturated heterocycles. The third kappa shape index (κ3) is 4.50. The summed E-state index contributed by atoms with van der Waals surface area (Å²) in [6.07, 6.45) is 9.16. The molecule has 2 N–H and O–H groups in total. The minimum Gasteiger partial charge on any atom is -0.493 e. The number of nitrogens with one attached hydrogen (secondary N) is 1. The van der Waals surface area contributed by atoms with Gasteiger partial charge in [-0.25, -0.2) is 9.47 Å². The lowest BCUT2D eigenvalue weighted by Crippen LogP contribution is -2.32. The van der Waals surface area contributed by atoms with E-state index in [4.69, 9.17) is 4.74 Å². The highest BCUT2D eigenvalue weighted by atomic mass is 16.5. The molecule has 0 atom stereocenters. The average molecular weight is 399 g/mol. The number of unbranched alkanes of at least 4 members (excludes halogenated alkanes) is 1. The van der Waals surface area contributed by atoms with Crippen LogP contribution in [0.1, 0.15) is 43.2 Å². The largest absolute Gasteiger partial charge is 0.493 e. The molecule has 2 aliphatic rings. The first-order chi connectivity index (χ1) is 14.1. The number of benzene rings is 1. The summed E-state index contributed by atoms with van der Waals surface area (Å²) < 4.78 is 8.44. The molecule has 0 aliphatic carbocycles. The topological polar surface area (TPSA) is 71.7 Å². The maximum atomic E-state index is 12.8. The number of ether oxygens (including phenoxy) is 1. The Morgan fingerprint density at radius 3 is 2.76 bits per heavy atom. The number of aromatic nitrogens is 2. The second kappa shape index (κ2) is 8.78. The normalized spacial score (nSPS) is 16.8. The molecule has 7 heteroatoms. The van der Waals surface area contributed by atoms with Crippen molar-refractivity contribution in [3.8, 4) is 11.6 Å². The molecule has 1 aromatic carbocycles. The van der Waals surface area contributed by atoms with Crippen LogP contribution in [0.4, 0.5) is 0 Å². The van der Waals surface area contributed by atoms with Crippen molar-refractivity contribution in [2.24, 2.45) is 0 Å². The number of aryl methyl sites for hydroxylation is 1. The molecule has 1 fully saturated rings. The monoisotopic (exact) mass is 398 g/mol. The minimum absolute atomic E-state index is 0.0161. The van der Waals surface area contributed by atoms with Gasteiger partial charge in [-0.3, -0.25) is 9.99 Å². The lowest BCUT2D eigenvalue weighted by Gasteiger charge is -2.26. The summed E-state index contributed by atoms with van der Waals surface area (Å²) in [6, 6.07) is 5.96. The third-order valence-electron chi connectivity index (χ3n) is 5.71. The number of aromatic hydroxyl groups is 1. The van der Waals surface area contributed by atoms with Crippen LogP contribution in [-0.2, 0) is 6.54 Å². The highest BCUT2D eigenvalue weighted by Gasteiger charge is 2.17. The van der Waals surface area contributed by atoms with E-state index in [1.54, 1.807) is 0 Å². The molecule has 0 unspecified atom stereocenters. The van der Waals surface area contributed by atoms with Crippen molar-refractivity contribution in [3.05, 3.63) is 52.1 Å². The molecular formula is C22H30N4O3. The van der Waals surface area contributed by atoms with E-state index in [1.807, 2.05) is 31.2 Å². The predicted molar refractivity (Wildman–Crippen MR) is 114 cm³/mol. The molecule has 0 saturated carbocycles. The van der Waals surface area contributed by atoms with Crippen LogP contribution >= 0.6 is 0 Å². The molecule has 2 aliphatic heterocycles. The molecular weight excluding hydrogens is 368 g/mol. The van der Waals surface area contributed by atoms with E-state index in [0.29, 0.717) is 13.2 Å². The molecule has 0 spiro atoms. The first-order valence-corrected chi connectivity index (χ1v) is 10.6. The van der Waals surface area contributed by atoms with Crippen molar-refractivity contribution < 1.29 is 9.84 Å². The number of hydrogen-bond acceptors (Lipinski definition) is 5. The Bertz CT molecular complexity index is 938. The number of rotatable bonds is 7. The summed E-state index contributed by atoms with van der Waals surface area (Å²) in [4.78, 5) is 15.3. The highest BCUT2D eigenvalue weighted by molar-refractivity contribution is 5.75. The van der Waals surface area contributed by atoms with Gasteiger partial charge in [0.1, 0.15) is 12.4 Å². The molecule has 7 nitrogen and oxygen atoms in total. The van der Waals surface area contributed by atoms with Gasteiger partial charge in [0.05, 0.1) is 11.9 Å². The van der Waals surface area contributed by atoms with Crippen LogP contribution < -0.4 is 15.9 Å². The van der Waals surface area contributed by atoms with Crippen molar-refractivity contribution in [1.29, 1.82) is 0 Å². The summed E-state index contributed by atoms with van der Waals surface area (Å²) in [5, 5.41) is 10.3. The van der Waals surface area contributed by atoms with Gasteiger partial charge < -0.3 is 14.7 Å². The lowest BCUT2D eigenvalue weighted by molar-refractivity contribution is 0.223. The molecule has 3 heterocycles. The summed E-state index contributed by atoms with van der Waals surface area (Å²) in [6.45, 7) is 6.42. The Morgan fingerprint density at radius 1 is 1.14 bits per heavy atom. The Balaban J connectivity index is 1.39. The van der Waals surface area contributed by atoms with Gasteiger partial charge in [-0.15, -0.1) is 0 Å². The van der Waals surface area contributed by atoms with E-state index in [2.05, 4.69) is 10.3 Å². The van der Waals surface area contributed by atoms with Gasteiger partial charge in [-0.1, -0.05) is 18.1 Å². The number of likely N-dealkylation sites (tertiary alicyclic amines) is 1. The van der Waals surface area contributed by atoms with Crippen molar-refractivity contribution >= 4 is 5.70 Å². The van der Waals surface area contributed by atoms with Crippen LogP contribution in [-0.4, -0.2) is 45.5 Å². The van der Waals surface area contributed by atoms with Crippen LogP contribution in [0.3, 0.4) is 0 Å². The highest BCUT2D eigenvalue weighted by Crippen LogP contribution is 2.29. The van der Waals surface area contributed by atoms with Crippen LogP contribution in [0.15, 0.2) is 35.3 Å². The maximum Gasteiger partial charge on any atom is 0.349 e. The summed E-state index contributed by atoms with van der Waals surface area (Å²) in [5.41, 5.74) is 5.70. The van der Waals surface area contributed by atoms with E-state index in [-0.39, 0.29) is 11.6 Å². The van der Waals surface area contributed by atoms with E-state index in [0.717, 1.165) is 42.0 Å². The van der Waals surface area contributed by atoms with Crippen LogP contribution in [0.2, 0.25) is 0 Å². The fourth-order valence-electron chi connectivity index (χ4n) is 4.09. The van der Waals surface area contributed by atoms with Crippen molar-refractivity contribution in [2.45, 2.75) is 45.6 Å². The standard InChI is InChI=1S/C22H30N4O3/c1-17-7-8-20-18(15-17)19(9-14-29-20)23-26-16-21(27)25(22(26)28)13-6-5-12-24-10-3-2-4-11-24/h7-9,15-16,23,27H,2-6,10-14H2,1H3. The Labute approximate surface area is 171 Å². The second-order valence-electron chi connectivity index (χ2n) is 7.94.